The summed E-state index contributed by atoms with van der Waals surface area (Å²) in [6, 6.07) is 20.2. The second kappa shape index (κ2) is 11.2. The van der Waals surface area contributed by atoms with Crippen molar-refractivity contribution in [2.75, 3.05) is 11.9 Å². The Hall–Kier alpha value is -3.91. The van der Waals surface area contributed by atoms with Gasteiger partial charge in [-0.25, -0.2) is 9.69 Å². The van der Waals surface area contributed by atoms with Crippen LogP contribution in [0.1, 0.15) is 29.2 Å². The van der Waals surface area contributed by atoms with Gasteiger partial charge in [-0.05, 0) is 54.8 Å². The number of nitrogens with zero attached hydrogens (tertiary/aromatic N) is 1. The number of carbonyl (C=O) groups is 3. The number of amides is 4. The number of aryl methyl sites for hydroxylation is 2. The van der Waals surface area contributed by atoms with E-state index in [0.29, 0.717) is 23.6 Å². The third-order valence-corrected chi connectivity index (χ3v) is 6.18. The minimum Gasteiger partial charge on any atom is -0.488 e. The monoisotopic (exact) mass is 547 g/mol. The van der Waals surface area contributed by atoms with Gasteiger partial charge in [-0.1, -0.05) is 70.9 Å². The van der Waals surface area contributed by atoms with Crippen molar-refractivity contribution in [1.29, 1.82) is 0 Å². The zero-order valence-corrected chi connectivity index (χ0v) is 21.6. The summed E-state index contributed by atoms with van der Waals surface area (Å²) in [5.41, 5.74) is 4.47. The van der Waals surface area contributed by atoms with Crippen molar-refractivity contribution < 1.29 is 19.1 Å². The Kier molecular flexibility index (Phi) is 7.85. The fraction of sp³-hybridized carbons (Fsp3) is 0.179. The molecule has 8 heteroatoms. The predicted octanol–water partition coefficient (Wildman–Crippen LogP) is 5.43. The molecule has 2 N–H and O–H groups in total. The first-order valence-corrected chi connectivity index (χ1v) is 12.3. The van der Waals surface area contributed by atoms with Crippen molar-refractivity contribution >= 4 is 45.5 Å². The molecule has 4 rings (SSSR count). The van der Waals surface area contributed by atoms with Crippen LogP contribution in [0.4, 0.5) is 10.5 Å². The number of imide groups is 1. The van der Waals surface area contributed by atoms with Crippen LogP contribution in [-0.4, -0.2) is 29.3 Å². The fourth-order valence-electron chi connectivity index (χ4n) is 3.88. The molecule has 0 unspecified atom stereocenters. The SMILES string of the molecule is CCc1ccccc1NC(=O)CN1C(=O)N/C(=C/c2cc(Br)ccc2OCc2cccc(C)c2)C1=O. The number of benzene rings is 3. The summed E-state index contributed by atoms with van der Waals surface area (Å²) in [6.45, 7) is 3.96. The molecule has 0 radical (unpaired) electrons. The number of ether oxygens (including phenoxy) is 1. The van der Waals surface area contributed by atoms with Crippen LogP contribution in [0.3, 0.4) is 0 Å². The lowest BCUT2D eigenvalue weighted by atomic mass is 10.1. The molecule has 36 heavy (non-hydrogen) atoms. The molecule has 3 aromatic rings. The van der Waals surface area contributed by atoms with E-state index in [0.717, 1.165) is 32.5 Å². The molecule has 1 heterocycles. The highest BCUT2D eigenvalue weighted by Crippen LogP contribution is 2.27. The van der Waals surface area contributed by atoms with Crippen molar-refractivity contribution in [1.82, 2.24) is 10.2 Å². The minimum absolute atomic E-state index is 0.0697. The number of hydrogen-bond donors (Lipinski definition) is 2. The van der Waals surface area contributed by atoms with E-state index in [2.05, 4.69) is 26.6 Å². The molecular weight excluding hydrogens is 522 g/mol. The Morgan fingerprint density at radius 3 is 2.67 bits per heavy atom. The maximum atomic E-state index is 13.0. The van der Waals surface area contributed by atoms with Gasteiger partial charge in [0.1, 0.15) is 24.6 Å². The summed E-state index contributed by atoms with van der Waals surface area (Å²) in [7, 11) is 0. The molecule has 0 saturated carbocycles. The molecule has 1 aliphatic rings. The Morgan fingerprint density at radius 1 is 1.08 bits per heavy atom. The van der Waals surface area contributed by atoms with Gasteiger partial charge in [0.15, 0.2) is 0 Å². The molecule has 0 aliphatic carbocycles. The van der Waals surface area contributed by atoms with E-state index in [1.807, 2.05) is 62.4 Å². The average Bonchev–Trinajstić information content (AvgIpc) is 3.11. The molecule has 1 aliphatic heterocycles. The molecule has 184 valence electrons. The van der Waals surface area contributed by atoms with Gasteiger partial charge >= 0.3 is 6.03 Å². The van der Waals surface area contributed by atoms with Crippen LogP contribution >= 0.6 is 15.9 Å². The number of rotatable bonds is 8. The lowest BCUT2D eigenvalue weighted by Gasteiger charge is -2.14. The van der Waals surface area contributed by atoms with E-state index in [1.54, 1.807) is 24.3 Å². The molecule has 0 bridgehead atoms. The second-order valence-corrected chi connectivity index (χ2v) is 9.31. The molecule has 0 aromatic heterocycles. The summed E-state index contributed by atoms with van der Waals surface area (Å²) in [5.74, 6) is -0.476. The number of anilines is 1. The average molecular weight is 548 g/mol. The summed E-state index contributed by atoms with van der Waals surface area (Å²) in [5, 5.41) is 5.36. The number of para-hydroxylation sites is 1. The van der Waals surface area contributed by atoms with Gasteiger partial charge in [-0.3, -0.25) is 9.59 Å². The van der Waals surface area contributed by atoms with Crippen LogP contribution in [0.2, 0.25) is 0 Å². The van der Waals surface area contributed by atoms with Crippen molar-refractivity contribution in [3.63, 3.8) is 0 Å². The normalized spacial score (nSPS) is 14.2. The first-order valence-electron chi connectivity index (χ1n) is 11.5. The number of nitrogens with one attached hydrogen (secondary N) is 2. The van der Waals surface area contributed by atoms with Crippen molar-refractivity contribution in [3.05, 3.63) is 99.2 Å². The zero-order valence-electron chi connectivity index (χ0n) is 20.0. The Labute approximate surface area is 218 Å². The van der Waals surface area contributed by atoms with Gasteiger partial charge in [-0.2, -0.15) is 0 Å². The Morgan fingerprint density at radius 2 is 1.89 bits per heavy atom. The quantitative estimate of drug-likeness (QED) is 0.290. The number of carbonyl (C=O) groups excluding carboxylic acids is 3. The largest absolute Gasteiger partial charge is 0.488 e. The highest BCUT2D eigenvalue weighted by Gasteiger charge is 2.35. The minimum atomic E-state index is -0.651. The third kappa shape index (κ3) is 6.01. The summed E-state index contributed by atoms with van der Waals surface area (Å²) in [4.78, 5) is 39.0. The highest BCUT2D eigenvalue weighted by atomic mass is 79.9. The van der Waals surface area contributed by atoms with E-state index in [4.69, 9.17) is 4.74 Å². The van der Waals surface area contributed by atoms with Gasteiger partial charge in [-0.15, -0.1) is 0 Å². The molecule has 1 saturated heterocycles. The van der Waals surface area contributed by atoms with Gasteiger partial charge in [0, 0.05) is 15.7 Å². The van der Waals surface area contributed by atoms with Gasteiger partial charge in [0.2, 0.25) is 5.91 Å². The molecule has 4 amide bonds. The lowest BCUT2D eigenvalue weighted by molar-refractivity contribution is -0.127. The Bertz CT molecular complexity index is 1350. The maximum absolute atomic E-state index is 13.0. The van der Waals surface area contributed by atoms with E-state index >= 15 is 0 Å². The van der Waals surface area contributed by atoms with Crippen LogP contribution in [-0.2, 0) is 22.6 Å². The van der Waals surface area contributed by atoms with Crippen LogP contribution < -0.4 is 15.4 Å². The van der Waals surface area contributed by atoms with Crippen LogP contribution in [0.5, 0.6) is 5.75 Å². The van der Waals surface area contributed by atoms with Crippen LogP contribution in [0.15, 0.2) is 76.9 Å². The van der Waals surface area contributed by atoms with Crippen LogP contribution in [0, 0.1) is 6.92 Å². The molecule has 7 nitrogen and oxygen atoms in total. The molecule has 0 spiro atoms. The highest BCUT2D eigenvalue weighted by molar-refractivity contribution is 9.10. The Balaban J connectivity index is 1.49. The third-order valence-electron chi connectivity index (χ3n) is 5.68. The lowest BCUT2D eigenvalue weighted by Crippen LogP contribution is -2.38. The van der Waals surface area contributed by atoms with Crippen molar-refractivity contribution in [2.24, 2.45) is 0 Å². The topological polar surface area (TPSA) is 87.7 Å². The smallest absolute Gasteiger partial charge is 0.329 e. The molecule has 0 atom stereocenters. The van der Waals surface area contributed by atoms with Gasteiger partial charge in [0.25, 0.3) is 5.91 Å². The number of urea groups is 1. The van der Waals surface area contributed by atoms with Gasteiger partial charge < -0.3 is 15.4 Å². The maximum Gasteiger partial charge on any atom is 0.329 e. The van der Waals surface area contributed by atoms with Crippen LogP contribution in [0.25, 0.3) is 6.08 Å². The van der Waals surface area contributed by atoms with Crippen molar-refractivity contribution in [2.45, 2.75) is 26.9 Å². The first-order chi connectivity index (χ1) is 17.3. The van der Waals surface area contributed by atoms with Crippen molar-refractivity contribution in [3.8, 4) is 5.75 Å². The standard InChI is InChI=1S/C28H26BrN3O4/c1-3-20-9-4-5-10-23(20)30-26(33)16-32-27(34)24(31-28(32)35)15-21-14-22(29)11-12-25(21)36-17-19-8-6-7-18(2)13-19/h4-15H,3,16-17H2,1-2H3,(H,30,33)(H,31,35)/b24-15+. The second-order valence-electron chi connectivity index (χ2n) is 8.40. The number of hydrogen-bond acceptors (Lipinski definition) is 4. The summed E-state index contributed by atoms with van der Waals surface area (Å²) in [6.07, 6.45) is 2.30. The molecule has 3 aromatic carbocycles. The van der Waals surface area contributed by atoms with E-state index in [9.17, 15) is 14.4 Å². The van der Waals surface area contributed by atoms with Gasteiger partial charge in [0.05, 0.1) is 0 Å². The van der Waals surface area contributed by atoms with E-state index in [-0.39, 0.29) is 5.70 Å². The molecular formula is C28H26BrN3O4. The van der Waals surface area contributed by atoms with E-state index < -0.39 is 24.4 Å². The van der Waals surface area contributed by atoms with E-state index in [1.165, 1.54) is 0 Å². The summed E-state index contributed by atoms with van der Waals surface area (Å²) >= 11 is 3.45. The first kappa shape index (κ1) is 25.2. The fourth-order valence-corrected chi connectivity index (χ4v) is 4.26. The zero-order chi connectivity index (χ0) is 25.7. The number of halogens is 1. The predicted molar refractivity (Wildman–Crippen MR) is 142 cm³/mol. The summed E-state index contributed by atoms with van der Waals surface area (Å²) < 4.78 is 6.81. The molecule has 1 fully saturated rings.